The fourth-order valence-corrected chi connectivity index (χ4v) is 2.76. The van der Waals surface area contributed by atoms with Crippen LogP contribution in [0.25, 0.3) is 10.9 Å². The molecule has 0 N–H and O–H groups in total. The van der Waals surface area contributed by atoms with E-state index in [0.717, 1.165) is 12.1 Å². The summed E-state index contributed by atoms with van der Waals surface area (Å²) >= 11 is 0. The van der Waals surface area contributed by atoms with Crippen molar-refractivity contribution in [3.8, 4) is 5.75 Å². The zero-order valence-electron chi connectivity index (χ0n) is 12.4. The maximum absolute atomic E-state index is 13.6. The normalized spacial score (nSPS) is 14.4. The van der Waals surface area contributed by atoms with Gasteiger partial charge in [-0.05, 0) is 24.3 Å². The molecule has 0 unspecified atom stereocenters. The number of aromatic nitrogens is 1. The molecule has 0 atom stereocenters. The van der Waals surface area contributed by atoms with E-state index in [4.69, 9.17) is 0 Å². The minimum Gasteiger partial charge on any atom is -0.377 e. The summed E-state index contributed by atoms with van der Waals surface area (Å²) in [5.41, 5.74) is -0.0547. The number of pyridine rings is 1. The van der Waals surface area contributed by atoms with Gasteiger partial charge in [-0.1, -0.05) is 6.07 Å². The van der Waals surface area contributed by atoms with Crippen LogP contribution in [0.1, 0.15) is 0 Å². The zero-order chi connectivity index (χ0) is 20.9. The Morgan fingerprint density at radius 3 is 1.96 bits per heavy atom. The number of hydrogen-bond donors (Lipinski definition) is 0. The molecule has 0 aliphatic rings. The molecule has 1 aromatic heterocycles. The number of rotatable bonds is 5. The summed E-state index contributed by atoms with van der Waals surface area (Å²) in [5, 5.41) is -7.23. The Kier molecular flexibility index (Phi) is 4.79. The Hall–Kier alpha value is -2.25. The van der Waals surface area contributed by atoms with Gasteiger partial charge in [0.2, 0.25) is 0 Å². The third-order valence-corrected chi connectivity index (χ3v) is 4.52. The Bertz CT molecular complexity index is 952. The molecule has 0 saturated carbocycles. The van der Waals surface area contributed by atoms with Crippen molar-refractivity contribution in [2.45, 2.75) is 23.3 Å². The van der Waals surface area contributed by atoms with Crippen LogP contribution in [0.2, 0.25) is 0 Å². The van der Waals surface area contributed by atoms with Crippen molar-refractivity contribution in [2.24, 2.45) is 0 Å². The second-order valence-electron chi connectivity index (χ2n) is 5.03. The summed E-state index contributed by atoms with van der Waals surface area (Å²) in [5.74, 6) is -15.7. The van der Waals surface area contributed by atoms with Crippen LogP contribution in [0.4, 0.5) is 39.5 Å². The summed E-state index contributed by atoms with van der Waals surface area (Å²) in [4.78, 5) is 3.68. The highest BCUT2D eigenvalue weighted by atomic mass is 32.2. The number of nitrogens with zero attached hydrogens (tertiary/aromatic N) is 1. The topological polar surface area (TPSA) is 56.3 Å². The molecule has 14 heteroatoms. The molecular weight excluding hydrogens is 421 g/mol. The molecule has 2 rings (SSSR count). The lowest BCUT2D eigenvalue weighted by atomic mass is 10.1. The van der Waals surface area contributed by atoms with E-state index in [0.29, 0.717) is 6.07 Å². The summed E-state index contributed by atoms with van der Waals surface area (Å²) in [6, 6.07) is 5.16. The van der Waals surface area contributed by atoms with Crippen LogP contribution < -0.4 is 4.18 Å². The standard InChI is InChI=1S/C13H6F9NO3S/c14-10(15,12(18,19)20)11(16,17)13(21,22)27(24,25)26-9-5-1-4-8-7(9)3-2-6-23-8/h1-6H. The molecule has 0 aliphatic carbocycles. The predicted octanol–water partition coefficient (Wildman–Crippen LogP) is 4.37. The second-order valence-corrected chi connectivity index (χ2v) is 6.61. The van der Waals surface area contributed by atoms with Crippen LogP contribution in [-0.4, -0.2) is 36.7 Å². The van der Waals surface area contributed by atoms with Gasteiger partial charge in [-0.15, -0.1) is 0 Å². The van der Waals surface area contributed by atoms with E-state index in [-0.39, 0.29) is 10.9 Å². The lowest BCUT2D eigenvalue weighted by molar-refractivity contribution is -0.382. The van der Waals surface area contributed by atoms with E-state index < -0.39 is 39.1 Å². The minimum atomic E-state index is -7.36. The molecule has 0 amide bonds. The van der Waals surface area contributed by atoms with Crippen molar-refractivity contribution >= 4 is 21.0 Å². The highest BCUT2D eigenvalue weighted by Gasteiger charge is 2.86. The lowest BCUT2D eigenvalue weighted by Gasteiger charge is -2.32. The number of hydrogen-bond acceptors (Lipinski definition) is 4. The van der Waals surface area contributed by atoms with Gasteiger partial charge in [-0.3, -0.25) is 4.98 Å². The molecule has 4 nitrogen and oxygen atoms in total. The largest absolute Gasteiger partial charge is 0.460 e. The van der Waals surface area contributed by atoms with Gasteiger partial charge in [0.1, 0.15) is 0 Å². The molecular formula is C13H6F9NO3S. The maximum Gasteiger partial charge on any atom is 0.460 e. The summed E-state index contributed by atoms with van der Waals surface area (Å²) in [7, 11) is -7.00. The third kappa shape index (κ3) is 3.15. The Labute approximate surface area is 144 Å². The molecule has 1 heterocycles. The van der Waals surface area contributed by atoms with Gasteiger partial charge in [0.15, 0.2) is 5.75 Å². The van der Waals surface area contributed by atoms with E-state index in [1.807, 2.05) is 0 Å². The lowest BCUT2D eigenvalue weighted by Crippen LogP contribution is -2.63. The van der Waals surface area contributed by atoms with E-state index >= 15 is 0 Å². The zero-order valence-corrected chi connectivity index (χ0v) is 13.3. The van der Waals surface area contributed by atoms with E-state index in [2.05, 4.69) is 9.17 Å². The van der Waals surface area contributed by atoms with Crippen LogP contribution in [0.5, 0.6) is 5.75 Å². The van der Waals surface area contributed by atoms with Gasteiger partial charge in [0.05, 0.1) is 5.52 Å². The first-order chi connectivity index (χ1) is 12.1. The van der Waals surface area contributed by atoms with Gasteiger partial charge >= 0.3 is 33.4 Å². The van der Waals surface area contributed by atoms with Gasteiger partial charge in [0.25, 0.3) is 0 Å². The quantitative estimate of drug-likeness (QED) is 0.526. The number of benzene rings is 1. The van der Waals surface area contributed by atoms with Gasteiger partial charge < -0.3 is 4.18 Å². The molecule has 0 radical (unpaired) electrons. The van der Waals surface area contributed by atoms with Crippen LogP contribution >= 0.6 is 0 Å². The van der Waals surface area contributed by atoms with Gasteiger partial charge in [-0.2, -0.15) is 47.9 Å². The highest BCUT2D eigenvalue weighted by molar-refractivity contribution is 7.88. The molecule has 0 aliphatic heterocycles. The molecule has 27 heavy (non-hydrogen) atoms. The van der Waals surface area contributed by atoms with Gasteiger partial charge in [0, 0.05) is 11.6 Å². The average molecular weight is 427 g/mol. The molecule has 0 saturated heterocycles. The first-order valence-corrected chi connectivity index (χ1v) is 7.95. The van der Waals surface area contributed by atoms with Crippen LogP contribution in [0.15, 0.2) is 36.5 Å². The van der Waals surface area contributed by atoms with Crippen molar-refractivity contribution in [1.29, 1.82) is 0 Å². The minimum absolute atomic E-state index is 0.0547. The van der Waals surface area contributed by atoms with Crippen LogP contribution in [0, 0.1) is 0 Å². The predicted molar refractivity (Wildman–Crippen MR) is 72.2 cm³/mol. The molecule has 150 valence electrons. The molecule has 0 bridgehead atoms. The monoisotopic (exact) mass is 427 g/mol. The first-order valence-electron chi connectivity index (χ1n) is 6.54. The highest BCUT2D eigenvalue weighted by Crippen LogP contribution is 2.55. The first kappa shape index (κ1) is 21.1. The van der Waals surface area contributed by atoms with Crippen molar-refractivity contribution in [1.82, 2.24) is 4.98 Å². The van der Waals surface area contributed by atoms with Crippen molar-refractivity contribution in [3.63, 3.8) is 0 Å². The molecule has 0 spiro atoms. The van der Waals surface area contributed by atoms with Crippen molar-refractivity contribution in [3.05, 3.63) is 36.5 Å². The van der Waals surface area contributed by atoms with Gasteiger partial charge in [-0.25, -0.2) is 0 Å². The summed E-state index contributed by atoms with van der Waals surface area (Å²) in [6.07, 6.45) is -5.97. The summed E-state index contributed by atoms with van der Waals surface area (Å²) < 4.78 is 143. The molecule has 2 aromatic rings. The number of fused-ring (bicyclic) bond motifs is 1. The van der Waals surface area contributed by atoms with E-state index in [1.165, 1.54) is 18.3 Å². The van der Waals surface area contributed by atoms with Crippen LogP contribution in [-0.2, 0) is 10.1 Å². The SMILES string of the molecule is O=S(=O)(Oc1cccc2ncccc12)C(F)(F)C(F)(F)C(F)(F)C(F)(F)F. The Balaban J connectivity index is 2.54. The average Bonchev–Trinajstić information content (AvgIpc) is 2.53. The van der Waals surface area contributed by atoms with Crippen molar-refractivity contribution in [2.75, 3.05) is 0 Å². The van der Waals surface area contributed by atoms with Crippen molar-refractivity contribution < 1.29 is 52.1 Å². The van der Waals surface area contributed by atoms with E-state index in [1.54, 1.807) is 0 Å². The number of alkyl halides is 9. The Morgan fingerprint density at radius 2 is 1.41 bits per heavy atom. The smallest absolute Gasteiger partial charge is 0.377 e. The third-order valence-electron chi connectivity index (χ3n) is 3.24. The molecule has 1 aromatic carbocycles. The maximum atomic E-state index is 13.6. The van der Waals surface area contributed by atoms with E-state index in [9.17, 15) is 47.9 Å². The fraction of sp³-hybridized carbons (Fsp3) is 0.308. The number of halogens is 9. The fourth-order valence-electron chi connectivity index (χ4n) is 1.84. The molecule has 0 fully saturated rings. The van der Waals surface area contributed by atoms with Crippen LogP contribution in [0.3, 0.4) is 0 Å². The summed E-state index contributed by atoms with van der Waals surface area (Å²) in [6.45, 7) is 0. The Morgan fingerprint density at radius 1 is 0.815 bits per heavy atom. The second kappa shape index (κ2) is 6.14.